The molecule has 0 aliphatic carbocycles. The van der Waals surface area contributed by atoms with Crippen LogP contribution in [0.25, 0.3) is 0 Å². The first-order chi connectivity index (χ1) is 10.7. The maximum absolute atomic E-state index is 12.4. The van der Waals surface area contributed by atoms with Gasteiger partial charge in [0, 0.05) is 19.6 Å². The lowest BCUT2D eigenvalue weighted by Gasteiger charge is -2.29. The van der Waals surface area contributed by atoms with E-state index in [4.69, 9.17) is 4.42 Å². The van der Waals surface area contributed by atoms with Gasteiger partial charge in [0.05, 0.1) is 12.3 Å². The third-order valence-corrected chi connectivity index (χ3v) is 6.14. The van der Waals surface area contributed by atoms with Crippen molar-refractivity contribution < 1.29 is 12.8 Å². The number of likely N-dealkylation sites (tertiary alicyclic amines) is 1. The fourth-order valence-corrected chi connectivity index (χ4v) is 4.61. The van der Waals surface area contributed by atoms with Crippen LogP contribution in [0.1, 0.15) is 43.9 Å². The van der Waals surface area contributed by atoms with Gasteiger partial charge in [-0.15, -0.1) is 0 Å². The Kier molecular flexibility index (Phi) is 5.18. The molecule has 1 aromatic rings. The van der Waals surface area contributed by atoms with Gasteiger partial charge in [-0.3, -0.25) is 4.90 Å². The SMILES string of the molecule is O=S(=O)(NCC(c1ccco1)N1CCCC1)N1CCCCC1. The van der Waals surface area contributed by atoms with E-state index in [1.807, 2.05) is 12.1 Å². The van der Waals surface area contributed by atoms with Gasteiger partial charge in [-0.25, -0.2) is 4.72 Å². The summed E-state index contributed by atoms with van der Waals surface area (Å²) in [5, 5.41) is 0. The minimum Gasteiger partial charge on any atom is -0.468 e. The highest BCUT2D eigenvalue weighted by molar-refractivity contribution is 7.87. The Hall–Kier alpha value is -0.890. The zero-order valence-electron chi connectivity index (χ0n) is 12.9. The fraction of sp³-hybridized carbons (Fsp3) is 0.733. The van der Waals surface area contributed by atoms with Crippen molar-refractivity contribution in [3.63, 3.8) is 0 Å². The summed E-state index contributed by atoms with van der Waals surface area (Å²) in [6.07, 6.45) is 7.00. The molecule has 0 amide bonds. The monoisotopic (exact) mass is 327 g/mol. The molecule has 0 saturated carbocycles. The molecule has 2 aliphatic heterocycles. The molecule has 0 bridgehead atoms. The highest BCUT2D eigenvalue weighted by atomic mass is 32.2. The minimum absolute atomic E-state index is 0.0166. The van der Waals surface area contributed by atoms with Crippen molar-refractivity contribution in [2.45, 2.75) is 38.1 Å². The predicted molar refractivity (Wildman–Crippen MR) is 84.6 cm³/mol. The first kappa shape index (κ1) is 16.0. The van der Waals surface area contributed by atoms with Crippen LogP contribution in [0.5, 0.6) is 0 Å². The third kappa shape index (κ3) is 3.71. The van der Waals surface area contributed by atoms with Crippen LogP contribution in [-0.4, -0.2) is 50.3 Å². The molecule has 1 atom stereocenters. The van der Waals surface area contributed by atoms with E-state index in [9.17, 15) is 8.42 Å². The van der Waals surface area contributed by atoms with Gasteiger partial charge in [-0.1, -0.05) is 6.42 Å². The molecule has 1 N–H and O–H groups in total. The lowest BCUT2D eigenvalue weighted by molar-refractivity contribution is 0.215. The van der Waals surface area contributed by atoms with Crippen LogP contribution in [0.2, 0.25) is 0 Å². The molecular formula is C15H25N3O3S. The molecule has 3 heterocycles. The number of rotatable bonds is 6. The number of furan rings is 1. The van der Waals surface area contributed by atoms with E-state index >= 15 is 0 Å². The van der Waals surface area contributed by atoms with Crippen LogP contribution in [0.3, 0.4) is 0 Å². The van der Waals surface area contributed by atoms with Crippen LogP contribution in [-0.2, 0) is 10.2 Å². The number of nitrogens with zero attached hydrogens (tertiary/aromatic N) is 2. The normalized spacial score (nSPS) is 22.9. The van der Waals surface area contributed by atoms with Gasteiger partial charge in [0.25, 0.3) is 10.2 Å². The maximum Gasteiger partial charge on any atom is 0.279 e. The third-order valence-electron chi connectivity index (χ3n) is 4.57. The molecule has 124 valence electrons. The van der Waals surface area contributed by atoms with Crippen molar-refractivity contribution in [1.82, 2.24) is 13.9 Å². The smallest absolute Gasteiger partial charge is 0.279 e. The Morgan fingerprint density at radius 2 is 1.77 bits per heavy atom. The van der Waals surface area contributed by atoms with Crippen LogP contribution in [0, 0.1) is 0 Å². The Balaban J connectivity index is 1.65. The van der Waals surface area contributed by atoms with E-state index in [1.165, 1.54) is 0 Å². The Bertz CT molecular complexity index is 547. The van der Waals surface area contributed by atoms with Gasteiger partial charge in [-0.2, -0.15) is 12.7 Å². The second kappa shape index (κ2) is 7.12. The van der Waals surface area contributed by atoms with Gasteiger partial charge in [-0.05, 0) is 50.9 Å². The molecule has 22 heavy (non-hydrogen) atoms. The van der Waals surface area contributed by atoms with E-state index in [-0.39, 0.29) is 6.04 Å². The summed E-state index contributed by atoms with van der Waals surface area (Å²) in [7, 11) is -3.38. The molecule has 2 aliphatic rings. The number of piperidine rings is 1. The van der Waals surface area contributed by atoms with Crippen LogP contribution in [0.4, 0.5) is 0 Å². The van der Waals surface area contributed by atoms with E-state index in [1.54, 1.807) is 10.6 Å². The van der Waals surface area contributed by atoms with Gasteiger partial charge >= 0.3 is 0 Å². The van der Waals surface area contributed by atoms with Crippen LogP contribution < -0.4 is 4.72 Å². The quantitative estimate of drug-likeness (QED) is 0.864. The molecule has 1 aromatic heterocycles. The molecule has 0 aromatic carbocycles. The van der Waals surface area contributed by atoms with E-state index in [0.717, 1.165) is 51.0 Å². The summed E-state index contributed by atoms with van der Waals surface area (Å²) >= 11 is 0. The molecule has 1 unspecified atom stereocenters. The molecule has 3 rings (SSSR count). The average Bonchev–Trinajstić information content (AvgIpc) is 3.22. The summed E-state index contributed by atoms with van der Waals surface area (Å²) in [6, 6.07) is 3.77. The van der Waals surface area contributed by atoms with Crippen LogP contribution >= 0.6 is 0 Å². The summed E-state index contributed by atoms with van der Waals surface area (Å²) in [6.45, 7) is 3.62. The number of hydrogen-bond donors (Lipinski definition) is 1. The predicted octanol–water partition coefficient (Wildman–Crippen LogP) is 1.74. The lowest BCUT2D eigenvalue weighted by atomic mass is 10.2. The largest absolute Gasteiger partial charge is 0.468 e. The Labute approximate surface area is 132 Å². The van der Waals surface area contributed by atoms with Gasteiger partial charge in [0.15, 0.2) is 0 Å². The summed E-state index contributed by atoms with van der Waals surface area (Å²) in [5.41, 5.74) is 0. The average molecular weight is 327 g/mol. The molecule has 6 nitrogen and oxygen atoms in total. The topological polar surface area (TPSA) is 65.8 Å². The van der Waals surface area contributed by atoms with Crippen molar-refractivity contribution in [3.8, 4) is 0 Å². The molecule has 0 radical (unpaired) electrons. The highest BCUT2D eigenvalue weighted by Gasteiger charge is 2.29. The van der Waals surface area contributed by atoms with E-state index in [0.29, 0.717) is 19.6 Å². The molecule has 7 heteroatoms. The van der Waals surface area contributed by atoms with Crippen molar-refractivity contribution in [2.24, 2.45) is 0 Å². The summed E-state index contributed by atoms with van der Waals surface area (Å²) in [4.78, 5) is 2.30. The standard InChI is InChI=1S/C15H25N3O3S/c19-22(20,18-10-2-1-3-11-18)16-13-14(15-7-6-12-21-15)17-8-4-5-9-17/h6-7,12,14,16H,1-5,8-11,13H2. The first-order valence-electron chi connectivity index (χ1n) is 8.19. The lowest BCUT2D eigenvalue weighted by Crippen LogP contribution is -2.46. The zero-order valence-corrected chi connectivity index (χ0v) is 13.7. The zero-order chi connectivity index (χ0) is 15.4. The van der Waals surface area contributed by atoms with Gasteiger partial charge in [0.1, 0.15) is 5.76 Å². The first-order valence-corrected chi connectivity index (χ1v) is 9.63. The second-order valence-corrected chi connectivity index (χ2v) is 7.84. The fourth-order valence-electron chi connectivity index (χ4n) is 3.32. The number of hydrogen-bond acceptors (Lipinski definition) is 4. The number of nitrogens with one attached hydrogen (secondary N) is 1. The molecule has 2 fully saturated rings. The Morgan fingerprint density at radius 1 is 1.09 bits per heavy atom. The van der Waals surface area contributed by atoms with Crippen molar-refractivity contribution in [1.29, 1.82) is 0 Å². The summed E-state index contributed by atoms with van der Waals surface area (Å²) in [5.74, 6) is 0.836. The van der Waals surface area contributed by atoms with Crippen molar-refractivity contribution >= 4 is 10.2 Å². The second-order valence-electron chi connectivity index (χ2n) is 6.09. The van der Waals surface area contributed by atoms with Gasteiger partial charge in [0.2, 0.25) is 0 Å². The van der Waals surface area contributed by atoms with E-state index in [2.05, 4.69) is 9.62 Å². The molecule has 0 spiro atoms. The summed E-state index contributed by atoms with van der Waals surface area (Å²) < 4.78 is 34.8. The van der Waals surface area contributed by atoms with Crippen LogP contribution in [0.15, 0.2) is 22.8 Å². The van der Waals surface area contributed by atoms with Gasteiger partial charge < -0.3 is 4.42 Å². The molecular weight excluding hydrogens is 302 g/mol. The minimum atomic E-state index is -3.38. The highest BCUT2D eigenvalue weighted by Crippen LogP contribution is 2.25. The van der Waals surface area contributed by atoms with E-state index < -0.39 is 10.2 Å². The van der Waals surface area contributed by atoms with Crippen molar-refractivity contribution in [2.75, 3.05) is 32.7 Å². The maximum atomic E-state index is 12.4. The molecule has 2 saturated heterocycles. The Morgan fingerprint density at radius 3 is 2.41 bits per heavy atom. The van der Waals surface area contributed by atoms with Crippen molar-refractivity contribution in [3.05, 3.63) is 24.2 Å².